The van der Waals surface area contributed by atoms with Gasteiger partial charge in [-0.1, -0.05) is 12.8 Å². The van der Waals surface area contributed by atoms with Crippen LogP contribution in [0.25, 0.3) is 0 Å². The molecule has 20 heavy (non-hydrogen) atoms. The van der Waals surface area contributed by atoms with Crippen LogP contribution >= 0.6 is 0 Å². The van der Waals surface area contributed by atoms with Gasteiger partial charge in [-0.15, -0.1) is 0 Å². The largest absolute Gasteiger partial charge is 0.493 e. The van der Waals surface area contributed by atoms with Gasteiger partial charge in [0, 0.05) is 12.1 Å². The highest BCUT2D eigenvalue weighted by molar-refractivity contribution is 5.76. The van der Waals surface area contributed by atoms with Gasteiger partial charge in [-0.2, -0.15) is 0 Å². The third kappa shape index (κ3) is 4.49. The lowest BCUT2D eigenvalue weighted by atomic mass is 9.99. The molecule has 0 saturated heterocycles. The Morgan fingerprint density at radius 2 is 1.95 bits per heavy atom. The molecule has 1 amide bonds. The second-order valence-electron chi connectivity index (χ2n) is 5.40. The Kier molecular flexibility index (Phi) is 4.95. The summed E-state index contributed by atoms with van der Waals surface area (Å²) < 4.78 is 18.1. The van der Waals surface area contributed by atoms with Gasteiger partial charge in [0.05, 0.1) is 13.0 Å². The van der Waals surface area contributed by atoms with Gasteiger partial charge in [-0.25, -0.2) is 4.39 Å². The van der Waals surface area contributed by atoms with E-state index in [9.17, 15) is 9.18 Å². The molecule has 1 saturated carbocycles. The first kappa shape index (κ1) is 14.8. The van der Waals surface area contributed by atoms with Gasteiger partial charge in [0.1, 0.15) is 11.6 Å². The van der Waals surface area contributed by atoms with E-state index >= 15 is 0 Å². The maximum absolute atomic E-state index is 12.7. The lowest BCUT2D eigenvalue weighted by molar-refractivity contribution is -0.121. The quantitative estimate of drug-likeness (QED) is 0.837. The Morgan fingerprint density at radius 3 is 2.60 bits per heavy atom. The maximum Gasteiger partial charge on any atom is 0.223 e. The number of amides is 1. The van der Waals surface area contributed by atoms with Crippen molar-refractivity contribution >= 4 is 5.91 Å². The van der Waals surface area contributed by atoms with E-state index < -0.39 is 0 Å². The summed E-state index contributed by atoms with van der Waals surface area (Å²) in [7, 11) is 0. The number of hydrogen-bond acceptors (Lipinski definition) is 3. The topological polar surface area (TPSA) is 64.3 Å². The van der Waals surface area contributed by atoms with Gasteiger partial charge < -0.3 is 15.8 Å². The summed E-state index contributed by atoms with van der Waals surface area (Å²) in [6.45, 7) is 0.803. The van der Waals surface area contributed by atoms with Crippen molar-refractivity contribution in [3.8, 4) is 5.75 Å². The highest BCUT2D eigenvalue weighted by Crippen LogP contribution is 2.26. The molecule has 0 spiro atoms. The van der Waals surface area contributed by atoms with Crippen LogP contribution in [0, 0.1) is 5.82 Å². The van der Waals surface area contributed by atoms with Crippen LogP contribution in [0.4, 0.5) is 4.39 Å². The molecule has 5 heteroatoms. The monoisotopic (exact) mass is 280 g/mol. The molecule has 1 aromatic rings. The van der Waals surface area contributed by atoms with E-state index in [4.69, 9.17) is 10.5 Å². The Hall–Kier alpha value is -1.62. The first-order chi connectivity index (χ1) is 9.57. The van der Waals surface area contributed by atoms with Crippen molar-refractivity contribution in [2.24, 2.45) is 5.73 Å². The Morgan fingerprint density at radius 1 is 1.30 bits per heavy atom. The average molecular weight is 280 g/mol. The molecule has 4 nitrogen and oxygen atoms in total. The maximum atomic E-state index is 12.7. The van der Waals surface area contributed by atoms with Crippen LogP contribution < -0.4 is 15.8 Å². The summed E-state index contributed by atoms with van der Waals surface area (Å²) in [4.78, 5) is 11.7. The number of nitrogens with two attached hydrogens (primary N) is 1. The number of hydrogen-bond donors (Lipinski definition) is 2. The SMILES string of the molecule is NC1(CNC(=O)CCOc2ccc(F)cc2)CCCC1. The molecule has 1 aromatic carbocycles. The van der Waals surface area contributed by atoms with E-state index in [1.807, 2.05) is 0 Å². The number of carbonyl (C=O) groups excluding carboxylic acids is 1. The first-order valence-corrected chi connectivity index (χ1v) is 7.01. The molecule has 110 valence electrons. The summed E-state index contributed by atoms with van der Waals surface area (Å²) in [5.74, 6) is 0.189. The Bertz CT molecular complexity index is 442. The van der Waals surface area contributed by atoms with E-state index in [0.717, 1.165) is 25.7 Å². The fourth-order valence-corrected chi connectivity index (χ4v) is 2.41. The molecule has 0 unspecified atom stereocenters. The number of carbonyl (C=O) groups is 1. The molecule has 1 fully saturated rings. The number of rotatable bonds is 6. The van der Waals surface area contributed by atoms with E-state index in [1.165, 1.54) is 12.1 Å². The van der Waals surface area contributed by atoms with E-state index in [0.29, 0.717) is 12.3 Å². The zero-order valence-electron chi connectivity index (χ0n) is 11.5. The third-order valence-electron chi connectivity index (χ3n) is 3.65. The summed E-state index contributed by atoms with van der Waals surface area (Å²) in [5.41, 5.74) is 5.93. The van der Waals surface area contributed by atoms with E-state index in [2.05, 4.69) is 5.32 Å². The lowest BCUT2D eigenvalue weighted by Crippen LogP contribution is -2.48. The van der Waals surface area contributed by atoms with Gasteiger partial charge in [0.2, 0.25) is 5.91 Å². The third-order valence-corrected chi connectivity index (χ3v) is 3.65. The van der Waals surface area contributed by atoms with Crippen LogP contribution in [0.2, 0.25) is 0 Å². The standard InChI is InChI=1S/C15H21FN2O2/c16-12-3-5-13(6-4-12)20-10-7-14(19)18-11-15(17)8-1-2-9-15/h3-6H,1-2,7-11,17H2,(H,18,19). The predicted molar refractivity (Wildman–Crippen MR) is 74.9 cm³/mol. The van der Waals surface area contributed by atoms with Gasteiger partial charge in [-0.3, -0.25) is 4.79 Å². The minimum Gasteiger partial charge on any atom is -0.493 e. The minimum absolute atomic E-state index is 0.0659. The van der Waals surface area contributed by atoms with Crippen LogP contribution in [0.15, 0.2) is 24.3 Å². The summed E-state index contributed by atoms with van der Waals surface area (Å²) >= 11 is 0. The Labute approximate surface area is 118 Å². The fraction of sp³-hybridized carbons (Fsp3) is 0.533. The number of ether oxygens (including phenoxy) is 1. The van der Waals surface area contributed by atoms with Gasteiger partial charge in [0.15, 0.2) is 0 Å². The molecule has 0 atom stereocenters. The molecule has 0 heterocycles. The van der Waals surface area contributed by atoms with Crippen molar-refractivity contribution in [1.29, 1.82) is 0 Å². The zero-order valence-corrected chi connectivity index (χ0v) is 11.5. The highest BCUT2D eigenvalue weighted by atomic mass is 19.1. The van der Waals surface area contributed by atoms with Gasteiger partial charge >= 0.3 is 0 Å². The average Bonchev–Trinajstić information content (AvgIpc) is 2.86. The van der Waals surface area contributed by atoms with Crippen LogP contribution in [-0.2, 0) is 4.79 Å². The second kappa shape index (κ2) is 6.70. The first-order valence-electron chi connectivity index (χ1n) is 7.01. The summed E-state index contributed by atoms with van der Waals surface area (Å²) in [5, 5.41) is 2.86. The predicted octanol–water partition coefficient (Wildman–Crippen LogP) is 1.98. The Balaban J connectivity index is 1.64. The van der Waals surface area contributed by atoms with E-state index in [-0.39, 0.29) is 30.3 Å². The molecule has 0 radical (unpaired) electrons. The van der Waals surface area contributed by atoms with Crippen LogP contribution in [0.5, 0.6) is 5.75 Å². The highest BCUT2D eigenvalue weighted by Gasteiger charge is 2.29. The van der Waals surface area contributed by atoms with Crippen LogP contribution in [0.1, 0.15) is 32.1 Å². The van der Waals surface area contributed by atoms with Crippen molar-refractivity contribution in [2.75, 3.05) is 13.2 Å². The second-order valence-corrected chi connectivity index (χ2v) is 5.40. The minimum atomic E-state index is -0.306. The molecule has 1 aliphatic rings. The molecule has 0 aliphatic heterocycles. The zero-order chi connectivity index (χ0) is 14.4. The summed E-state index contributed by atoms with van der Waals surface area (Å²) in [6, 6.07) is 5.74. The number of benzene rings is 1. The van der Waals surface area contributed by atoms with Crippen molar-refractivity contribution < 1.29 is 13.9 Å². The number of nitrogens with one attached hydrogen (secondary N) is 1. The number of halogens is 1. The fourth-order valence-electron chi connectivity index (χ4n) is 2.41. The van der Waals surface area contributed by atoms with Crippen LogP contribution in [0.3, 0.4) is 0 Å². The van der Waals surface area contributed by atoms with Gasteiger partial charge in [-0.05, 0) is 37.1 Å². The smallest absolute Gasteiger partial charge is 0.223 e. The van der Waals surface area contributed by atoms with Gasteiger partial charge in [0.25, 0.3) is 0 Å². The molecule has 0 bridgehead atoms. The van der Waals surface area contributed by atoms with Crippen molar-refractivity contribution in [3.63, 3.8) is 0 Å². The normalized spacial score (nSPS) is 16.9. The molecule has 1 aliphatic carbocycles. The molecular weight excluding hydrogens is 259 g/mol. The molecule has 0 aromatic heterocycles. The van der Waals surface area contributed by atoms with Crippen molar-refractivity contribution in [3.05, 3.63) is 30.1 Å². The lowest BCUT2D eigenvalue weighted by Gasteiger charge is -2.23. The van der Waals surface area contributed by atoms with Crippen molar-refractivity contribution in [1.82, 2.24) is 5.32 Å². The van der Waals surface area contributed by atoms with E-state index in [1.54, 1.807) is 12.1 Å². The molecule has 3 N–H and O–H groups in total. The molecule has 2 rings (SSSR count). The summed E-state index contributed by atoms with van der Waals surface area (Å²) in [6.07, 6.45) is 4.49. The van der Waals surface area contributed by atoms with Crippen molar-refractivity contribution in [2.45, 2.75) is 37.6 Å². The van der Waals surface area contributed by atoms with Crippen LogP contribution in [-0.4, -0.2) is 24.6 Å². The molecular formula is C15H21FN2O2.